The van der Waals surface area contributed by atoms with E-state index in [0.717, 1.165) is 43.1 Å². The van der Waals surface area contributed by atoms with Gasteiger partial charge in [-0.3, -0.25) is 4.68 Å². The summed E-state index contributed by atoms with van der Waals surface area (Å²) >= 11 is 0. The lowest BCUT2D eigenvalue weighted by Crippen LogP contribution is -2.27. The van der Waals surface area contributed by atoms with Gasteiger partial charge in [0.05, 0.1) is 0 Å². The van der Waals surface area contributed by atoms with Crippen LogP contribution < -0.4 is 5.32 Å². The standard InChI is InChI=1S/C14H18N4/c1-18-14(12-7-9-15-10-8-12)16-13(17-18)11-5-3-2-4-6-11/h2-6,12,15H,7-10H2,1H3. The van der Waals surface area contributed by atoms with E-state index in [2.05, 4.69) is 22.5 Å². The molecule has 1 aliphatic rings. The van der Waals surface area contributed by atoms with Crippen molar-refractivity contribution in [2.75, 3.05) is 13.1 Å². The molecule has 0 amide bonds. The summed E-state index contributed by atoms with van der Waals surface area (Å²) in [4.78, 5) is 4.73. The number of rotatable bonds is 2. The second-order valence-electron chi connectivity index (χ2n) is 4.81. The van der Waals surface area contributed by atoms with Crippen LogP contribution in [0.25, 0.3) is 11.4 Å². The third-order valence-electron chi connectivity index (χ3n) is 3.53. The Hall–Kier alpha value is -1.68. The van der Waals surface area contributed by atoms with E-state index >= 15 is 0 Å². The molecule has 0 spiro atoms. The van der Waals surface area contributed by atoms with Crippen LogP contribution in [0.15, 0.2) is 30.3 Å². The van der Waals surface area contributed by atoms with Gasteiger partial charge in [-0.15, -0.1) is 0 Å². The zero-order valence-corrected chi connectivity index (χ0v) is 10.6. The molecule has 2 aromatic rings. The second-order valence-corrected chi connectivity index (χ2v) is 4.81. The fraction of sp³-hybridized carbons (Fsp3) is 0.429. The molecule has 3 rings (SSSR count). The van der Waals surface area contributed by atoms with Gasteiger partial charge < -0.3 is 5.32 Å². The highest BCUT2D eigenvalue weighted by molar-refractivity contribution is 5.54. The molecule has 0 radical (unpaired) electrons. The molecule has 1 saturated heterocycles. The molecule has 0 bridgehead atoms. The maximum atomic E-state index is 4.73. The highest BCUT2D eigenvalue weighted by atomic mass is 15.3. The highest BCUT2D eigenvalue weighted by Gasteiger charge is 2.21. The van der Waals surface area contributed by atoms with Crippen LogP contribution in [0.4, 0.5) is 0 Å². The van der Waals surface area contributed by atoms with E-state index in [1.807, 2.05) is 29.9 Å². The Bertz CT molecular complexity index is 512. The lowest BCUT2D eigenvalue weighted by atomic mass is 9.97. The molecule has 1 aromatic carbocycles. The maximum absolute atomic E-state index is 4.73. The molecule has 94 valence electrons. The molecular weight excluding hydrogens is 224 g/mol. The molecule has 1 fully saturated rings. The van der Waals surface area contributed by atoms with Crippen LogP contribution >= 0.6 is 0 Å². The Morgan fingerprint density at radius 3 is 2.61 bits per heavy atom. The number of nitrogens with zero attached hydrogens (tertiary/aromatic N) is 3. The van der Waals surface area contributed by atoms with Crippen LogP contribution in [0.1, 0.15) is 24.6 Å². The number of benzene rings is 1. The average Bonchev–Trinajstić information content (AvgIpc) is 2.83. The van der Waals surface area contributed by atoms with Crippen molar-refractivity contribution in [3.05, 3.63) is 36.2 Å². The molecule has 2 heterocycles. The van der Waals surface area contributed by atoms with Crippen molar-refractivity contribution in [3.8, 4) is 11.4 Å². The molecule has 0 unspecified atom stereocenters. The van der Waals surface area contributed by atoms with E-state index in [4.69, 9.17) is 4.98 Å². The van der Waals surface area contributed by atoms with Crippen LogP contribution in [-0.2, 0) is 7.05 Å². The van der Waals surface area contributed by atoms with Crippen molar-refractivity contribution in [1.29, 1.82) is 0 Å². The Balaban J connectivity index is 1.91. The van der Waals surface area contributed by atoms with Gasteiger partial charge in [0.1, 0.15) is 5.82 Å². The van der Waals surface area contributed by atoms with Gasteiger partial charge in [0.15, 0.2) is 5.82 Å². The SMILES string of the molecule is Cn1nc(-c2ccccc2)nc1C1CCNCC1. The van der Waals surface area contributed by atoms with Crippen LogP contribution in [0.3, 0.4) is 0 Å². The van der Waals surface area contributed by atoms with E-state index in [1.54, 1.807) is 0 Å². The van der Waals surface area contributed by atoms with Crippen molar-refractivity contribution < 1.29 is 0 Å². The van der Waals surface area contributed by atoms with Crippen molar-refractivity contribution in [1.82, 2.24) is 20.1 Å². The Labute approximate surface area is 107 Å². The van der Waals surface area contributed by atoms with Gasteiger partial charge in [0.25, 0.3) is 0 Å². The van der Waals surface area contributed by atoms with E-state index in [1.165, 1.54) is 0 Å². The van der Waals surface area contributed by atoms with Crippen LogP contribution in [-0.4, -0.2) is 27.9 Å². The fourth-order valence-electron chi connectivity index (χ4n) is 2.54. The van der Waals surface area contributed by atoms with E-state index in [9.17, 15) is 0 Å². The van der Waals surface area contributed by atoms with Gasteiger partial charge in [0, 0.05) is 18.5 Å². The first-order valence-electron chi connectivity index (χ1n) is 6.51. The first kappa shape index (κ1) is 11.4. The van der Waals surface area contributed by atoms with Crippen molar-refractivity contribution in [2.24, 2.45) is 7.05 Å². The predicted molar refractivity (Wildman–Crippen MR) is 71.3 cm³/mol. The number of aromatic nitrogens is 3. The number of hydrogen-bond acceptors (Lipinski definition) is 3. The molecule has 0 aliphatic carbocycles. The molecule has 18 heavy (non-hydrogen) atoms. The zero-order chi connectivity index (χ0) is 12.4. The van der Waals surface area contributed by atoms with Gasteiger partial charge in [-0.25, -0.2) is 4.98 Å². The molecule has 0 atom stereocenters. The van der Waals surface area contributed by atoms with Gasteiger partial charge in [-0.2, -0.15) is 5.10 Å². The smallest absolute Gasteiger partial charge is 0.181 e. The van der Waals surface area contributed by atoms with E-state index in [0.29, 0.717) is 5.92 Å². The molecule has 1 N–H and O–H groups in total. The number of nitrogens with one attached hydrogen (secondary N) is 1. The zero-order valence-electron chi connectivity index (χ0n) is 10.6. The van der Waals surface area contributed by atoms with Gasteiger partial charge >= 0.3 is 0 Å². The summed E-state index contributed by atoms with van der Waals surface area (Å²) in [6.07, 6.45) is 2.31. The summed E-state index contributed by atoms with van der Waals surface area (Å²) in [6, 6.07) is 10.2. The maximum Gasteiger partial charge on any atom is 0.181 e. The van der Waals surface area contributed by atoms with Crippen molar-refractivity contribution in [3.63, 3.8) is 0 Å². The largest absolute Gasteiger partial charge is 0.317 e. The molecule has 0 saturated carbocycles. The lowest BCUT2D eigenvalue weighted by molar-refractivity contribution is 0.432. The lowest BCUT2D eigenvalue weighted by Gasteiger charge is -2.21. The minimum absolute atomic E-state index is 0.543. The minimum Gasteiger partial charge on any atom is -0.317 e. The monoisotopic (exact) mass is 242 g/mol. The average molecular weight is 242 g/mol. The first-order chi connectivity index (χ1) is 8.84. The first-order valence-corrected chi connectivity index (χ1v) is 6.51. The minimum atomic E-state index is 0.543. The fourth-order valence-corrected chi connectivity index (χ4v) is 2.54. The molecular formula is C14H18N4. The quantitative estimate of drug-likeness (QED) is 0.875. The third kappa shape index (κ3) is 2.16. The number of piperidine rings is 1. The molecule has 1 aromatic heterocycles. The van der Waals surface area contributed by atoms with Gasteiger partial charge in [-0.1, -0.05) is 30.3 Å². The topological polar surface area (TPSA) is 42.7 Å². The summed E-state index contributed by atoms with van der Waals surface area (Å²) in [5.74, 6) is 2.50. The molecule has 4 heteroatoms. The summed E-state index contributed by atoms with van der Waals surface area (Å²) in [5.41, 5.74) is 1.09. The van der Waals surface area contributed by atoms with Crippen molar-refractivity contribution >= 4 is 0 Å². The normalized spacial score (nSPS) is 16.9. The van der Waals surface area contributed by atoms with Gasteiger partial charge in [0.2, 0.25) is 0 Å². The van der Waals surface area contributed by atoms with Gasteiger partial charge in [-0.05, 0) is 25.9 Å². The summed E-state index contributed by atoms with van der Waals surface area (Å²) in [5, 5.41) is 7.93. The Kier molecular flexibility index (Phi) is 3.11. The summed E-state index contributed by atoms with van der Waals surface area (Å²) < 4.78 is 1.94. The summed E-state index contributed by atoms with van der Waals surface area (Å²) in [7, 11) is 2.00. The highest BCUT2D eigenvalue weighted by Crippen LogP contribution is 2.25. The Morgan fingerprint density at radius 2 is 1.89 bits per heavy atom. The molecule has 4 nitrogen and oxygen atoms in total. The summed E-state index contributed by atoms with van der Waals surface area (Å²) in [6.45, 7) is 2.16. The second kappa shape index (κ2) is 4.90. The Morgan fingerprint density at radius 1 is 1.17 bits per heavy atom. The van der Waals surface area contributed by atoms with Crippen LogP contribution in [0.2, 0.25) is 0 Å². The van der Waals surface area contributed by atoms with Crippen molar-refractivity contribution in [2.45, 2.75) is 18.8 Å². The van der Waals surface area contributed by atoms with Crippen LogP contribution in [0, 0.1) is 0 Å². The predicted octanol–water partition coefficient (Wildman–Crippen LogP) is 1.95. The van der Waals surface area contributed by atoms with E-state index in [-0.39, 0.29) is 0 Å². The third-order valence-corrected chi connectivity index (χ3v) is 3.53. The molecule has 1 aliphatic heterocycles. The number of hydrogen-bond donors (Lipinski definition) is 1. The van der Waals surface area contributed by atoms with Crippen LogP contribution in [0.5, 0.6) is 0 Å². The van der Waals surface area contributed by atoms with E-state index < -0.39 is 0 Å². The number of aryl methyl sites for hydroxylation is 1.